The van der Waals surface area contributed by atoms with Gasteiger partial charge in [0, 0.05) is 26.2 Å². The molecule has 104 valence electrons. The summed E-state index contributed by atoms with van der Waals surface area (Å²) in [6.45, 7) is 3.45. The standard InChI is InChI=1S/C14H20N2O3/c1-15-6-8-16(9-7-15)14(18)11-19-13-4-2-12(10-17)3-5-13/h2-5,17H,6-11H2,1H3. The molecule has 1 aliphatic heterocycles. The fourth-order valence-electron chi connectivity index (χ4n) is 1.98. The molecule has 1 aliphatic rings. The van der Waals surface area contributed by atoms with Crippen LogP contribution in [0.4, 0.5) is 0 Å². The Labute approximate surface area is 113 Å². The average molecular weight is 264 g/mol. The molecule has 0 aromatic heterocycles. The molecule has 0 saturated carbocycles. The van der Waals surface area contributed by atoms with E-state index < -0.39 is 0 Å². The molecule has 0 bridgehead atoms. The van der Waals surface area contributed by atoms with Gasteiger partial charge in [0.2, 0.25) is 0 Å². The third-order valence-corrected chi connectivity index (χ3v) is 3.32. The minimum atomic E-state index is 0.0144. The van der Waals surface area contributed by atoms with Crippen molar-refractivity contribution in [2.24, 2.45) is 0 Å². The normalized spacial score (nSPS) is 16.4. The number of hydrogen-bond donors (Lipinski definition) is 1. The number of carbonyl (C=O) groups is 1. The lowest BCUT2D eigenvalue weighted by Gasteiger charge is -2.32. The van der Waals surface area contributed by atoms with Crippen molar-refractivity contribution in [1.82, 2.24) is 9.80 Å². The Balaban J connectivity index is 1.79. The number of aliphatic hydroxyl groups is 1. The van der Waals surface area contributed by atoms with Crippen LogP contribution in [0.3, 0.4) is 0 Å². The van der Waals surface area contributed by atoms with Crippen molar-refractivity contribution in [2.45, 2.75) is 6.61 Å². The van der Waals surface area contributed by atoms with E-state index in [9.17, 15) is 4.79 Å². The van der Waals surface area contributed by atoms with Crippen molar-refractivity contribution in [3.05, 3.63) is 29.8 Å². The number of ether oxygens (including phenoxy) is 1. The fourth-order valence-corrected chi connectivity index (χ4v) is 1.98. The van der Waals surface area contributed by atoms with E-state index in [0.29, 0.717) is 5.75 Å². The van der Waals surface area contributed by atoms with Gasteiger partial charge >= 0.3 is 0 Å². The van der Waals surface area contributed by atoms with E-state index in [0.717, 1.165) is 31.7 Å². The summed E-state index contributed by atoms with van der Waals surface area (Å²) < 4.78 is 5.46. The van der Waals surface area contributed by atoms with Crippen molar-refractivity contribution in [1.29, 1.82) is 0 Å². The lowest BCUT2D eigenvalue weighted by atomic mass is 10.2. The van der Waals surface area contributed by atoms with Crippen LogP contribution in [0.15, 0.2) is 24.3 Å². The highest BCUT2D eigenvalue weighted by Gasteiger charge is 2.19. The number of likely N-dealkylation sites (N-methyl/N-ethyl adjacent to an activating group) is 1. The molecule has 2 rings (SSSR count). The molecule has 5 nitrogen and oxygen atoms in total. The minimum absolute atomic E-state index is 0.0144. The van der Waals surface area contributed by atoms with Crippen LogP contribution in [0.5, 0.6) is 5.75 Å². The number of piperazine rings is 1. The topological polar surface area (TPSA) is 53.0 Å². The van der Waals surface area contributed by atoms with Gasteiger partial charge in [-0.2, -0.15) is 0 Å². The van der Waals surface area contributed by atoms with Crippen molar-refractivity contribution >= 4 is 5.91 Å². The van der Waals surface area contributed by atoms with Gasteiger partial charge in [-0.05, 0) is 24.7 Å². The Morgan fingerprint density at radius 1 is 1.21 bits per heavy atom. The first-order valence-electron chi connectivity index (χ1n) is 6.48. The van der Waals surface area contributed by atoms with E-state index in [-0.39, 0.29) is 19.1 Å². The molecule has 1 aromatic carbocycles. The zero-order valence-corrected chi connectivity index (χ0v) is 11.2. The van der Waals surface area contributed by atoms with Gasteiger partial charge in [0.05, 0.1) is 6.61 Å². The quantitative estimate of drug-likeness (QED) is 0.851. The molecule has 1 saturated heterocycles. The first-order valence-corrected chi connectivity index (χ1v) is 6.48. The van der Waals surface area contributed by atoms with Crippen molar-refractivity contribution < 1.29 is 14.6 Å². The van der Waals surface area contributed by atoms with Crippen LogP contribution >= 0.6 is 0 Å². The van der Waals surface area contributed by atoms with Crippen LogP contribution < -0.4 is 4.74 Å². The van der Waals surface area contributed by atoms with E-state index in [4.69, 9.17) is 9.84 Å². The maximum absolute atomic E-state index is 11.9. The Morgan fingerprint density at radius 3 is 2.42 bits per heavy atom. The van der Waals surface area contributed by atoms with Gasteiger partial charge in [-0.3, -0.25) is 4.79 Å². The molecule has 0 aliphatic carbocycles. The summed E-state index contributed by atoms with van der Waals surface area (Å²) in [5.74, 6) is 0.680. The highest BCUT2D eigenvalue weighted by molar-refractivity contribution is 5.77. The summed E-state index contributed by atoms with van der Waals surface area (Å²) in [4.78, 5) is 16.0. The SMILES string of the molecule is CN1CCN(C(=O)COc2ccc(CO)cc2)CC1. The van der Waals surface area contributed by atoms with Crippen molar-refractivity contribution in [3.63, 3.8) is 0 Å². The number of amides is 1. The van der Waals surface area contributed by atoms with Gasteiger partial charge in [0.1, 0.15) is 5.75 Å². The van der Waals surface area contributed by atoms with E-state index in [1.807, 2.05) is 4.90 Å². The summed E-state index contributed by atoms with van der Waals surface area (Å²) in [5.41, 5.74) is 0.831. The molecule has 1 amide bonds. The second-order valence-electron chi connectivity index (χ2n) is 4.77. The van der Waals surface area contributed by atoms with Crippen LogP contribution in [0, 0.1) is 0 Å². The molecule has 19 heavy (non-hydrogen) atoms. The van der Waals surface area contributed by atoms with Crippen molar-refractivity contribution in [2.75, 3.05) is 39.8 Å². The highest BCUT2D eigenvalue weighted by atomic mass is 16.5. The third-order valence-electron chi connectivity index (χ3n) is 3.32. The summed E-state index contributed by atoms with van der Waals surface area (Å²) in [7, 11) is 2.06. The summed E-state index contributed by atoms with van der Waals surface area (Å²) in [5, 5.41) is 8.93. The second-order valence-corrected chi connectivity index (χ2v) is 4.77. The number of carbonyl (C=O) groups excluding carboxylic acids is 1. The monoisotopic (exact) mass is 264 g/mol. The van der Waals surface area contributed by atoms with Crippen LogP contribution in [-0.2, 0) is 11.4 Å². The maximum Gasteiger partial charge on any atom is 0.260 e. The van der Waals surface area contributed by atoms with E-state index in [2.05, 4.69) is 11.9 Å². The number of nitrogens with zero attached hydrogens (tertiary/aromatic N) is 2. The van der Waals surface area contributed by atoms with Crippen LogP contribution in [-0.4, -0.2) is 60.6 Å². The van der Waals surface area contributed by atoms with Gasteiger partial charge < -0.3 is 19.6 Å². The van der Waals surface area contributed by atoms with Gasteiger partial charge in [-0.15, -0.1) is 0 Å². The van der Waals surface area contributed by atoms with E-state index in [1.165, 1.54) is 0 Å². The molecular formula is C14H20N2O3. The van der Waals surface area contributed by atoms with Crippen LogP contribution in [0.2, 0.25) is 0 Å². The Hall–Kier alpha value is -1.59. The molecule has 1 fully saturated rings. The summed E-state index contributed by atoms with van der Waals surface area (Å²) >= 11 is 0. The molecular weight excluding hydrogens is 244 g/mol. The summed E-state index contributed by atoms with van der Waals surface area (Å²) in [6.07, 6.45) is 0. The zero-order valence-electron chi connectivity index (χ0n) is 11.2. The van der Waals surface area contributed by atoms with Gasteiger partial charge in [-0.1, -0.05) is 12.1 Å². The minimum Gasteiger partial charge on any atom is -0.484 e. The van der Waals surface area contributed by atoms with Crippen LogP contribution in [0.25, 0.3) is 0 Å². The molecule has 0 radical (unpaired) electrons. The second kappa shape index (κ2) is 6.54. The first-order chi connectivity index (χ1) is 9.19. The van der Waals surface area contributed by atoms with Gasteiger partial charge in [0.15, 0.2) is 6.61 Å². The van der Waals surface area contributed by atoms with Gasteiger partial charge in [0.25, 0.3) is 5.91 Å². The number of hydrogen-bond acceptors (Lipinski definition) is 4. The van der Waals surface area contributed by atoms with Crippen LogP contribution in [0.1, 0.15) is 5.56 Å². The molecule has 1 heterocycles. The van der Waals surface area contributed by atoms with Crippen molar-refractivity contribution in [3.8, 4) is 5.75 Å². The number of rotatable bonds is 4. The first kappa shape index (κ1) is 13.8. The fraction of sp³-hybridized carbons (Fsp3) is 0.500. The lowest BCUT2D eigenvalue weighted by Crippen LogP contribution is -2.48. The Bertz CT molecular complexity index is 411. The number of aliphatic hydroxyl groups excluding tert-OH is 1. The molecule has 0 unspecified atom stereocenters. The number of benzene rings is 1. The lowest BCUT2D eigenvalue weighted by molar-refractivity contribution is -0.134. The maximum atomic E-state index is 11.9. The predicted octanol–water partition coefficient (Wildman–Crippen LogP) is 0.332. The molecule has 0 atom stereocenters. The molecule has 5 heteroatoms. The summed E-state index contributed by atoms with van der Waals surface area (Å²) in [6, 6.07) is 7.11. The third kappa shape index (κ3) is 3.94. The smallest absolute Gasteiger partial charge is 0.260 e. The van der Waals surface area contributed by atoms with E-state index >= 15 is 0 Å². The predicted molar refractivity (Wildman–Crippen MR) is 71.9 cm³/mol. The highest BCUT2D eigenvalue weighted by Crippen LogP contribution is 2.12. The average Bonchev–Trinajstić information content (AvgIpc) is 2.46. The van der Waals surface area contributed by atoms with E-state index in [1.54, 1.807) is 24.3 Å². The largest absolute Gasteiger partial charge is 0.484 e. The Morgan fingerprint density at radius 2 is 1.84 bits per heavy atom. The van der Waals surface area contributed by atoms with Gasteiger partial charge in [-0.25, -0.2) is 0 Å². The molecule has 1 N–H and O–H groups in total. The molecule has 0 spiro atoms. The zero-order chi connectivity index (χ0) is 13.7. The molecule has 1 aromatic rings. The Kier molecular flexibility index (Phi) is 4.76.